The van der Waals surface area contributed by atoms with E-state index in [1.54, 1.807) is 17.0 Å². The summed E-state index contributed by atoms with van der Waals surface area (Å²) in [5.74, 6) is 0.600. The number of carbonyl (C=O) groups is 1. The molecular formula is C20H23N5O3. The number of fused-ring (bicyclic) bond motifs is 1. The Morgan fingerprint density at radius 2 is 1.93 bits per heavy atom. The lowest BCUT2D eigenvalue weighted by Crippen LogP contribution is -2.49. The number of H-pyrrole nitrogens is 1. The molecule has 4 rings (SSSR count). The van der Waals surface area contributed by atoms with Gasteiger partial charge in [0.2, 0.25) is 5.43 Å². The number of hydrogen-bond donors (Lipinski definition) is 1. The fraction of sp³-hybridized carbons (Fsp3) is 0.400. The fourth-order valence-corrected chi connectivity index (χ4v) is 3.59. The van der Waals surface area contributed by atoms with Crippen molar-refractivity contribution in [3.63, 3.8) is 0 Å². The summed E-state index contributed by atoms with van der Waals surface area (Å²) in [6.45, 7) is 9.09. The van der Waals surface area contributed by atoms with E-state index in [1.807, 2.05) is 20.8 Å². The molecular weight excluding hydrogens is 358 g/mol. The standard InChI is InChI=1S/C20H23N5O3/c1-12-4-5-15-18(26)16(10-21-19(15)22-12)20(27)25-8-6-24(7-9-25)11-17-13(2)23-28-14(17)3/h4-5,10H,6-9,11H2,1-3H3,(H,21,22,26). The number of pyridine rings is 2. The van der Waals surface area contributed by atoms with Crippen LogP contribution < -0.4 is 5.43 Å². The molecule has 1 N–H and O–H groups in total. The van der Waals surface area contributed by atoms with Crippen molar-refractivity contribution in [3.05, 3.63) is 56.8 Å². The zero-order chi connectivity index (χ0) is 19.8. The van der Waals surface area contributed by atoms with E-state index < -0.39 is 0 Å². The first-order valence-electron chi connectivity index (χ1n) is 9.36. The molecule has 8 heteroatoms. The topological polar surface area (TPSA) is 95.3 Å². The zero-order valence-corrected chi connectivity index (χ0v) is 16.3. The smallest absolute Gasteiger partial charge is 0.259 e. The number of aromatic nitrogens is 3. The van der Waals surface area contributed by atoms with Crippen LogP contribution in [0, 0.1) is 20.8 Å². The van der Waals surface area contributed by atoms with E-state index in [0.29, 0.717) is 24.1 Å². The molecule has 0 bridgehead atoms. The van der Waals surface area contributed by atoms with Crippen molar-refractivity contribution in [1.82, 2.24) is 24.9 Å². The van der Waals surface area contributed by atoms with Crippen molar-refractivity contribution in [2.24, 2.45) is 0 Å². The van der Waals surface area contributed by atoms with Gasteiger partial charge in [-0.25, -0.2) is 4.98 Å². The van der Waals surface area contributed by atoms with Gasteiger partial charge in [0.25, 0.3) is 5.91 Å². The molecule has 1 aliphatic rings. The summed E-state index contributed by atoms with van der Waals surface area (Å²) < 4.78 is 5.23. The van der Waals surface area contributed by atoms with Gasteiger partial charge in [-0.3, -0.25) is 14.5 Å². The summed E-state index contributed by atoms with van der Waals surface area (Å²) in [6.07, 6.45) is 1.48. The lowest BCUT2D eigenvalue weighted by atomic mass is 10.1. The summed E-state index contributed by atoms with van der Waals surface area (Å²) in [5.41, 5.74) is 3.22. The predicted molar refractivity (Wildman–Crippen MR) is 104 cm³/mol. The van der Waals surface area contributed by atoms with Gasteiger partial charge in [-0.05, 0) is 32.9 Å². The summed E-state index contributed by atoms with van der Waals surface area (Å²) in [7, 11) is 0. The summed E-state index contributed by atoms with van der Waals surface area (Å²) >= 11 is 0. The van der Waals surface area contributed by atoms with Crippen LogP contribution in [0.1, 0.15) is 33.1 Å². The number of amides is 1. The highest BCUT2D eigenvalue weighted by molar-refractivity contribution is 5.96. The molecule has 0 aliphatic carbocycles. The van der Waals surface area contributed by atoms with Crippen molar-refractivity contribution in [1.29, 1.82) is 0 Å². The molecule has 8 nitrogen and oxygen atoms in total. The maximum atomic E-state index is 12.9. The molecule has 1 aliphatic heterocycles. The number of piperazine rings is 1. The van der Waals surface area contributed by atoms with Crippen LogP contribution in [0.3, 0.4) is 0 Å². The van der Waals surface area contributed by atoms with Crippen LogP contribution >= 0.6 is 0 Å². The Kier molecular flexibility index (Phi) is 4.72. The van der Waals surface area contributed by atoms with Crippen LogP contribution in [0.15, 0.2) is 27.6 Å². The van der Waals surface area contributed by atoms with E-state index in [0.717, 1.165) is 42.3 Å². The highest BCUT2D eigenvalue weighted by Crippen LogP contribution is 2.17. The van der Waals surface area contributed by atoms with Gasteiger partial charge in [0, 0.05) is 50.2 Å². The lowest BCUT2D eigenvalue weighted by Gasteiger charge is -2.34. The normalized spacial score (nSPS) is 15.3. The first kappa shape index (κ1) is 18.4. The van der Waals surface area contributed by atoms with Gasteiger partial charge >= 0.3 is 0 Å². The monoisotopic (exact) mass is 381 g/mol. The maximum Gasteiger partial charge on any atom is 0.259 e. The molecule has 0 atom stereocenters. The van der Waals surface area contributed by atoms with Gasteiger partial charge < -0.3 is 14.4 Å². The molecule has 1 fully saturated rings. The minimum Gasteiger partial charge on any atom is -0.361 e. The molecule has 4 heterocycles. The Labute approximate surface area is 162 Å². The second-order valence-electron chi connectivity index (χ2n) is 7.25. The van der Waals surface area contributed by atoms with Crippen LogP contribution in [0.4, 0.5) is 0 Å². The molecule has 0 aromatic carbocycles. The number of aryl methyl sites for hydroxylation is 3. The molecule has 1 saturated heterocycles. The lowest BCUT2D eigenvalue weighted by molar-refractivity contribution is 0.0626. The largest absolute Gasteiger partial charge is 0.361 e. The Morgan fingerprint density at radius 1 is 1.18 bits per heavy atom. The Bertz CT molecular complexity index is 1070. The van der Waals surface area contributed by atoms with Crippen molar-refractivity contribution in [2.75, 3.05) is 26.2 Å². The third-order valence-corrected chi connectivity index (χ3v) is 5.33. The fourth-order valence-electron chi connectivity index (χ4n) is 3.59. The second-order valence-corrected chi connectivity index (χ2v) is 7.25. The molecule has 3 aromatic rings. The van der Waals surface area contributed by atoms with Crippen LogP contribution in [0.2, 0.25) is 0 Å². The van der Waals surface area contributed by atoms with Crippen LogP contribution in [-0.2, 0) is 6.54 Å². The van der Waals surface area contributed by atoms with Crippen molar-refractivity contribution >= 4 is 16.9 Å². The van der Waals surface area contributed by atoms with E-state index in [2.05, 4.69) is 20.0 Å². The minimum atomic E-state index is -0.274. The Balaban J connectivity index is 1.47. The number of rotatable bonds is 3. The van der Waals surface area contributed by atoms with Gasteiger partial charge in [-0.2, -0.15) is 0 Å². The van der Waals surface area contributed by atoms with E-state index in [-0.39, 0.29) is 16.9 Å². The molecule has 3 aromatic heterocycles. The Morgan fingerprint density at radius 3 is 2.61 bits per heavy atom. The first-order chi connectivity index (χ1) is 13.4. The first-order valence-corrected chi connectivity index (χ1v) is 9.36. The van der Waals surface area contributed by atoms with E-state index in [9.17, 15) is 9.59 Å². The van der Waals surface area contributed by atoms with E-state index in [1.165, 1.54) is 6.20 Å². The highest BCUT2D eigenvalue weighted by atomic mass is 16.5. The number of nitrogens with one attached hydrogen (secondary N) is 1. The van der Waals surface area contributed by atoms with Crippen molar-refractivity contribution < 1.29 is 9.32 Å². The molecule has 1 amide bonds. The summed E-state index contributed by atoms with van der Waals surface area (Å²) in [6, 6.07) is 3.49. The van der Waals surface area contributed by atoms with E-state index in [4.69, 9.17) is 4.52 Å². The number of aromatic amines is 1. The van der Waals surface area contributed by atoms with Gasteiger partial charge in [-0.1, -0.05) is 5.16 Å². The van der Waals surface area contributed by atoms with Gasteiger partial charge in [0.05, 0.1) is 11.1 Å². The number of carbonyl (C=O) groups excluding carboxylic acids is 1. The molecule has 28 heavy (non-hydrogen) atoms. The van der Waals surface area contributed by atoms with Gasteiger partial charge in [0.1, 0.15) is 17.0 Å². The summed E-state index contributed by atoms with van der Waals surface area (Å²) in [5, 5.41) is 4.43. The third-order valence-electron chi connectivity index (χ3n) is 5.33. The molecule has 0 radical (unpaired) electrons. The van der Waals surface area contributed by atoms with Crippen LogP contribution in [-0.4, -0.2) is 57.0 Å². The zero-order valence-electron chi connectivity index (χ0n) is 16.3. The maximum absolute atomic E-state index is 12.9. The predicted octanol–water partition coefficient (Wildman–Crippen LogP) is 1.79. The van der Waals surface area contributed by atoms with E-state index >= 15 is 0 Å². The molecule has 0 saturated carbocycles. The van der Waals surface area contributed by atoms with Crippen molar-refractivity contribution in [2.45, 2.75) is 27.3 Å². The van der Waals surface area contributed by atoms with Crippen molar-refractivity contribution in [3.8, 4) is 0 Å². The third kappa shape index (κ3) is 3.31. The highest BCUT2D eigenvalue weighted by Gasteiger charge is 2.25. The van der Waals surface area contributed by atoms with Crippen LogP contribution in [0.5, 0.6) is 0 Å². The number of nitrogens with zero attached hydrogens (tertiary/aromatic N) is 4. The average molecular weight is 381 g/mol. The van der Waals surface area contributed by atoms with Crippen LogP contribution in [0.25, 0.3) is 11.0 Å². The quantitative estimate of drug-likeness (QED) is 0.743. The second kappa shape index (κ2) is 7.20. The van der Waals surface area contributed by atoms with Gasteiger partial charge in [-0.15, -0.1) is 0 Å². The molecule has 146 valence electrons. The average Bonchev–Trinajstić information content (AvgIpc) is 3.00. The molecule has 0 spiro atoms. The minimum absolute atomic E-state index is 0.164. The SMILES string of the molecule is Cc1ccc2c(=O)c(C(=O)N3CCN(Cc4c(C)noc4C)CC3)c[nH]c2n1. The molecule has 0 unspecified atom stereocenters. The Hall–Kier alpha value is -3.00. The summed E-state index contributed by atoms with van der Waals surface area (Å²) in [4.78, 5) is 36.9. The number of hydrogen-bond acceptors (Lipinski definition) is 6. The van der Waals surface area contributed by atoms with Gasteiger partial charge in [0.15, 0.2) is 0 Å².